The molecule has 0 atom stereocenters. The zero-order valence-electron chi connectivity index (χ0n) is 43.0. The molecule has 308 valence electrons. The van der Waals surface area contributed by atoms with Gasteiger partial charge in [0.05, 0.1) is 27.7 Å². The highest BCUT2D eigenvalue weighted by atomic mass is 32.1. The molecule has 0 aliphatic rings. The number of rotatable bonds is 7. The summed E-state index contributed by atoms with van der Waals surface area (Å²) in [5.74, 6) is 1.15. The van der Waals surface area contributed by atoms with E-state index in [0.29, 0.717) is 34.3 Å². The first-order valence-corrected chi connectivity index (χ1v) is 22.4. The van der Waals surface area contributed by atoms with Crippen LogP contribution in [-0.4, -0.2) is 19.5 Å². The smallest absolute Gasteiger partial charge is 0.164 e. The van der Waals surface area contributed by atoms with Gasteiger partial charge < -0.3 is 4.57 Å². The number of benzene rings is 10. The minimum Gasteiger partial charge on any atom is -0.309 e. The van der Waals surface area contributed by atoms with Gasteiger partial charge in [-0.1, -0.05) is 200 Å². The summed E-state index contributed by atoms with van der Waals surface area (Å²) in [5, 5.41) is 4.73. The summed E-state index contributed by atoms with van der Waals surface area (Å²) in [6.07, 6.45) is 0. The third-order valence-electron chi connectivity index (χ3n) is 12.3. The number of para-hydroxylation sites is 2. The maximum Gasteiger partial charge on any atom is 0.164 e. The molecule has 0 aliphatic heterocycles. The first kappa shape index (κ1) is 30.6. The molecule has 0 amide bonds. The van der Waals surface area contributed by atoms with Crippen LogP contribution in [0.5, 0.6) is 0 Å². The second kappa shape index (κ2) is 15.6. The van der Waals surface area contributed by atoms with Gasteiger partial charge in [-0.3, -0.25) is 0 Å². The fourth-order valence-corrected chi connectivity index (χ4v) is 10.3. The normalized spacial score (nSPS) is 13.3. The lowest BCUT2D eigenvalue weighted by atomic mass is 9.99. The highest BCUT2D eigenvalue weighted by Crippen LogP contribution is 2.41. The molecule has 0 N–H and O–H groups in total. The highest BCUT2D eigenvalue weighted by Gasteiger charge is 2.19. The van der Waals surface area contributed by atoms with E-state index < -0.39 is 36.3 Å². The molecule has 13 aromatic rings. The van der Waals surface area contributed by atoms with E-state index in [9.17, 15) is 2.74 Å². The van der Waals surface area contributed by atoms with E-state index in [1.807, 2.05) is 84.9 Å². The summed E-state index contributed by atoms with van der Waals surface area (Å²) in [6, 6.07) is 57.5. The van der Waals surface area contributed by atoms with Gasteiger partial charge in [0.2, 0.25) is 0 Å². The van der Waals surface area contributed by atoms with E-state index in [2.05, 4.69) is 97.1 Å². The summed E-state index contributed by atoms with van der Waals surface area (Å²) in [5.41, 5.74) is 8.15. The van der Waals surface area contributed by atoms with Crippen LogP contribution in [0.15, 0.2) is 230 Å². The first-order chi connectivity index (χ1) is 36.0. The van der Waals surface area contributed by atoms with Crippen LogP contribution in [0, 0.1) is 0 Å². The lowest BCUT2D eigenvalue weighted by molar-refractivity contribution is 1.07. The molecule has 3 aromatic heterocycles. The monoisotopic (exact) mass is 866 g/mol. The number of nitrogens with zero attached hydrogens (tertiary/aromatic N) is 4. The van der Waals surface area contributed by atoms with Crippen molar-refractivity contribution < 1.29 is 11.0 Å². The van der Waals surface area contributed by atoms with Crippen LogP contribution >= 0.6 is 11.3 Å². The van der Waals surface area contributed by atoms with Gasteiger partial charge in [-0.2, -0.15) is 0 Å². The zero-order valence-corrected chi connectivity index (χ0v) is 35.8. The molecule has 0 radical (unpaired) electrons. The molecular formula is C61H38N4S. The number of hydrogen-bond acceptors (Lipinski definition) is 4. The molecule has 0 saturated heterocycles. The van der Waals surface area contributed by atoms with Crippen molar-refractivity contribution in [1.82, 2.24) is 19.5 Å². The molecule has 0 spiro atoms. The summed E-state index contributed by atoms with van der Waals surface area (Å²) < 4.78 is 75.8. The van der Waals surface area contributed by atoms with Crippen LogP contribution in [0.2, 0.25) is 0 Å². The third-order valence-corrected chi connectivity index (χ3v) is 13.6. The standard InChI is InChI=1S/C61H38N4S/c1-2-14-41(15-3-1)48-36-35-47(38-56(48)65-54-22-9-6-17-50(54)51-18-7-10-23-55(51)65)61-63-59(43-30-25-40(26-31-43)46-34-27-39-13-4-5-16-45(39)37-46)62-60(64-61)44-32-28-42(29-33-44)49-20-12-21-53-52-19-8-11-24-57(52)66-58(49)53/h1-38H/i6D,7D,9D,10D,17D,18D,22D,23D. The molecule has 0 bridgehead atoms. The van der Waals surface area contributed by atoms with Gasteiger partial charge in [0.1, 0.15) is 0 Å². The van der Waals surface area contributed by atoms with Gasteiger partial charge >= 0.3 is 0 Å². The molecule has 5 heteroatoms. The largest absolute Gasteiger partial charge is 0.309 e. The predicted molar refractivity (Wildman–Crippen MR) is 277 cm³/mol. The number of fused-ring (bicyclic) bond motifs is 7. The maximum absolute atomic E-state index is 9.32. The van der Waals surface area contributed by atoms with Crippen molar-refractivity contribution in [2.24, 2.45) is 0 Å². The summed E-state index contributed by atoms with van der Waals surface area (Å²) in [7, 11) is 0. The fraction of sp³-hybridized carbons (Fsp3) is 0. The van der Waals surface area contributed by atoms with Crippen LogP contribution in [0.25, 0.3) is 126 Å². The van der Waals surface area contributed by atoms with Crippen LogP contribution < -0.4 is 0 Å². The Hall–Kier alpha value is -8.51. The highest BCUT2D eigenvalue weighted by molar-refractivity contribution is 7.26. The molecular weight excluding hydrogens is 821 g/mol. The molecule has 0 aliphatic carbocycles. The SMILES string of the molecule is [2H]c1c([2H])c([2H])c2c(c1[2H])c1c([2H])c([2H])c([2H])c([2H])c1n2-c1cc(-c2nc(-c3ccc(-c4ccc5ccccc5c4)cc3)nc(-c3ccc(-c4cccc5c4sc4ccccc45)cc3)n2)ccc1-c1ccccc1. The average molecular weight is 867 g/mol. The molecule has 66 heavy (non-hydrogen) atoms. The van der Waals surface area contributed by atoms with Gasteiger partial charge in [-0.05, 0) is 68.9 Å². The molecule has 13 rings (SSSR count). The second-order valence-electron chi connectivity index (χ2n) is 16.2. The van der Waals surface area contributed by atoms with E-state index in [0.717, 1.165) is 49.7 Å². The Morgan fingerprint density at radius 3 is 1.64 bits per heavy atom. The van der Waals surface area contributed by atoms with Crippen molar-refractivity contribution in [2.45, 2.75) is 0 Å². The molecule has 0 fully saturated rings. The Labute approximate surface area is 396 Å². The van der Waals surface area contributed by atoms with Crippen LogP contribution in [-0.2, 0) is 0 Å². The van der Waals surface area contributed by atoms with Crippen molar-refractivity contribution >= 4 is 64.1 Å². The van der Waals surface area contributed by atoms with Crippen LogP contribution in [0.1, 0.15) is 11.0 Å². The van der Waals surface area contributed by atoms with E-state index >= 15 is 0 Å². The van der Waals surface area contributed by atoms with Gasteiger partial charge in [-0.25, -0.2) is 15.0 Å². The minimum atomic E-state index is -0.508. The van der Waals surface area contributed by atoms with Gasteiger partial charge in [-0.15, -0.1) is 11.3 Å². The molecule has 3 heterocycles. The lowest BCUT2D eigenvalue weighted by Crippen LogP contribution is -2.02. The molecule has 4 nitrogen and oxygen atoms in total. The first-order valence-electron chi connectivity index (χ1n) is 25.6. The topological polar surface area (TPSA) is 43.6 Å². The third kappa shape index (κ3) is 6.48. The predicted octanol–water partition coefficient (Wildman–Crippen LogP) is 16.5. The van der Waals surface area contributed by atoms with Crippen molar-refractivity contribution in [3.05, 3.63) is 230 Å². The summed E-state index contributed by atoms with van der Waals surface area (Å²) in [4.78, 5) is 15.4. The number of aromatic nitrogens is 4. The quantitative estimate of drug-likeness (QED) is 0.160. The van der Waals surface area contributed by atoms with E-state index in [1.165, 1.54) is 20.2 Å². The Bertz CT molecular complexity index is 4380. The Kier molecular flexibility index (Phi) is 7.24. The average Bonchev–Trinajstić information content (AvgIpc) is 4.02. The molecule has 10 aromatic carbocycles. The Morgan fingerprint density at radius 1 is 0.364 bits per heavy atom. The van der Waals surface area contributed by atoms with Crippen LogP contribution in [0.4, 0.5) is 0 Å². The van der Waals surface area contributed by atoms with Gasteiger partial charge in [0.15, 0.2) is 17.5 Å². The van der Waals surface area contributed by atoms with Crippen molar-refractivity contribution in [1.29, 1.82) is 0 Å². The second-order valence-corrected chi connectivity index (χ2v) is 17.2. The lowest BCUT2D eigenvalue weighted by Gasteiger charge is -2.16. The number of hydrogen-bond donors (Lipinski definition) is 0. The van der Waals surface area contributed by atoms with E-state index in [-0.39, 0.29) is 33.9 Å². The Balaban J connectivity index is 1.02. The summed E-state index contributed by atoms with van der Waals surface area (Å²) >= 11 is 1.78. The van der Waals surface area contributed by atoms with E-state index in [1.54, 1.807) is 15.9 Å². The Morgan fingerprint density at radius 2 is 0.909 bits per heavy atom. The van der Waals surface area contributed by atoms with Crippen molar-refractivity contribution in [3.63, 3.8) is 0 Å². The van der Waals surface area contributed by atoms with Crippen molar-refractivity contribution in [3.8, 4) is 73.2 Å². The maximum atomic E-state index is 9.32. The van der Waals surface area contributed by atoms with Crippen LogP contribution in [0.3, 0.4) is 0 Å². The summed E-state index contributed by atoms with van der Waals surface area (Å²) in [6.45, 7) is 0. The fourth-order valence-electron chi connectivity index (χ4n) is 9.10. The van der Waals surface area contributed by atoms with Gasteiger partial charge in [0.25, 0.3) is 0 Å². The molecule has 0 saturated carbocycles. The van der Waals surface area contributed by atoms with Crippen molar-refractivity contribution in [2.75, 3.05) is 0 Å². The zero-order chi connectivity index (χ0) is 50.5. The molecule has 0 unspecified atom stereocenters. The minimum absolute atomic E-state index is 0.00804. The van der Waals surface area contributed by atoms with E-state index in [4.69, 9.17) is 23.2 Å². The van der Waals surface area contributed by atoms with Gasteiger partial charge in [0, 0.05) is 53.2 Å². The number of thiophene rings is 1.